The molecule has 0 bridgehead atoms. The van der Waals surface area contributed by atoms with Crippen LogP contribution in [0.1, 0.15) is 20.3 Å². The highest BCUT2D eigenvalue weighted by Crippen LogP contribution is 2.24. The van der Waals surface area contributed by atoms with Crippen LogP contribution >= 0.6 is 11.8 Å². The fourth-order valence-electron chi connectivity index (χ4n) is 2.50. The second-order valence-corrected chi connectivity index (χ2v) is 6.93. The lowest BCUT2D eigenvalue weighted by Crippen LogP contribution is -2.38. The fraction of sp³-hybridized carbons (Fsp3) is 0.500. The van der Waals surface area contributed by atoms with Gasteiger partial charge in [-0.2, -0.15) is 0 Å². The molecule has 2 heterocycles. The van der Waals surface area contributed by atoms with Gasteiger partial charge in [0.1, 0.15) is 0 Å². The molecule has 0 fully saturated rings. The van der Waals surface area contributed by atoms with Crippen LogP contribution in [-0.2, 0) is 18.9 Å². The summed E-state index contributed by atoms with van der Waals surface area (Å²) in [5, 5.41) is 12.3. The number of aliphatic hydroxyl groups is 1. The van der Waals surface area contributed by atoms with Crippen LogP contribution in [0.25, 0.3) is 16.9 Å². The lowest BCUT2D eigenvalue weighted by Gasteiger charge is -2.13. The normalized spacial score (nSPS) is 12.3. The van der Waals surface area contributed by atoms with Crippen LogP contribution in [0, 0.1) is 0 Å². The first kappa shape index (κ1) is 20.0. The summed E-state index contributed by atoms with van der Waals surface area (Å²) < 4.78 is 3.86. The summed E-state index contributed by atoms with van der Waals surface area (Å²) in [5.74, 6) is -0.195. The minimum absolute atomic E-state index is 0.0569. The second-order valence-electron chi connectivity index (χ2n) is 5.99. The molecule has 2 N–H and O–H groups in total. The largest absolute Gasteiger partial charge is 0.394 e. The van der Waals surface area contributed by atoms with Crippen molar-refractivity contribution in [1.82, 2.24) is 24.0 Å². The number of thioether (sulfide) groups is 1. The number of carbonyl (C=O) groups is 1. The molecule has 1 unspecified atom stereocenters. The minimum atomic E-state index is -0.475. The van der Waals surface area contributed by atoms with E-state index < -0.39 is 11.2 Å². The van der Waals surface area contributed by atoms with E-state index in [2.05, 4.69) is 16.9 Å². The lowest BCUT2D eigenvalue weighted by molar-refractivity contribution is -0.119. The number of aryl methyl sites for hydroxylation is 1. The Morgan fingerprint density at radius 2 is 2.00 bits per heavy atom. The molecule has 1 amide bonds. The molecule has 2 rings (SSSR count). The van der Waals surface area contributed by atoms with Gasteiger partial charge in [-0.25, -0.2) is 9.78 Å². The smallest absolute Gasteiger partial charge is 0.332 e. The van der Waals surface area contributed by atoms with Crippen molar-refractivity contribution in [1.29, 1.82) is 0 Å². The van der Waals surface area contributed by atoms with Gasteiger partial charge in [-0.3, -0.25) is 23.3 Å². The maximum atomic E-state index is 12.5. The summed E-state index contributed by atoms with van der Waals surface area (Å²) in [6.45, 7) is 7.33. The van der Waals surface area contributed by atoms with Gasteiger partial charge in [0.05, 0.1) is 18.4 Å². The van der Waals surface area contributed by atoms with Crippen LogP contribution < -0.4 is 16.6 Å². The van der Waals surface area contributed by atoms with E-state index in [9.17, 15) is 14.4 Å². The molecule has 142 valence electrons. The summed E-state index contributed by atoms with van der Waals surface area (Å²) in [5.41, 5.74) is 0.0867. The predicted molar refractivity (Wildman–Crippen MR) is 101 cm³/mol. The first-order valence-electron chi connectivity index (χ1n) is 8.10. The molecular weight excluding hydrogens is 358 g/mol. The second kappa shape index (κ2) is 7.92. The van der Waals surface area contributed by atoms with Crippen molar-refractivity contribution in [2.24, 2.45) is 14.1 Å². The zero-order valence-corrected chi connectivity index (χ0v) is 16.1. The topological polar surface area (TPSA) is 111 Å². The van der Waals surface area contributed by atoms with E-state index in [-0.39, 0.29) is 35.5 Å². The van der Waals surface area contributed by atoms with Crippen LogP contribution in [0.3, 0.4) is 0 Å². The summed E-state index contributed by atoms with van der Waals surface area (Å²) in [7, 11) is 2.94. The number of aliphatic hydroxyl groups excluding tert-OH is 1. The Bertz CT molecular complexity index is 968. The van der Waals surface area contributed by atoms with E-state index in [0.717, 1.165) is 16.3 Å². The van der Waals surface area contributed by atoms with Gasteiger partial charge in [0.25, 0.3) is 5.56 Å². The molecule has 0 aliphatic rings. The predicted octanol–water partition coefficient (Wildman–Crippen LogP) is -0.0965. The molecule has 0 saturated heterocycles. The van der Waals surface area contributed by atoms with Crippen LogP contribution in [0.15, 0.2) is 21.3 Å². The van der Waals surface area contributed by atoms with E-state index in [1.807, 2.05) is 6.92 Å². The molecule has 9 nitrogen and oxygen atoms in total. The van der Waals surface area contributed by atoms with Gasteiger partial charge in [-0.05, 0) is 13.3 Å². The van der Waals surface area contributed by atoms with Crippen LogP contribution in [0.4, 0.5) is 0 Å². The molecule has 1 atom stereocenters. The van der Waals surface area contributed by atoms with Crippen molar-refractivity contribution in [2.45, 2.75) is 31.5 Å². The number of aromatic nitrogens is 4. The van der Waals surface area contributed by atoms with E-state index in [0.29, 0.717) is 17.3 Å². The van der Waals surface area contributed by atoms with Crippen LogP contribution in [-0.4, -0.2) is 48.1 Å². The Hall–Kier alpha value is -2.33. The van der Waals surface area contributed by atoms with Crippen molar-refractivity contribution in [3.05, 3.63) is 27.4 Å². The highest BCUT2D eigenvalue weighted by Gasteiger charge is 2.20. The first-order valence-corrected chi connectivity index (χ1v) is 9.08. The number of imidazole rings is 1. The molecule has 0 aliphatic carbocycles. The number of hydrogen-bond acceptors (Lipinski definition) is 6. The van der Waals surface area contributed by atoms with Crippen LogP contribution in [0.5, 0.6) is 0 Å². The molecule has 0 spiro atoms. The number of nitrogens with one attached hydrogen (secondary N) is 1. The van der Waals surface area contributed by atoms with Gasteiger partial charge in [-0.1, -0.05) is 25.3 Å². The van der Waals surface area contributed by atoms with E-state index in [4.69, 9.17) is 5.11 Å². The zero-order chi connectivity index (χ0) is 19.6. The molecule has 0 saturated carbocycles. The number of fused-ring (bicyclic) bond motifs is 1. The molecule has 10 heteroatoms. The Labute approximate surface area is 154 Å². The number of nitrogens with zero attached hydrogens (tertiary/aromatic N) is 4. The monoisotopic (exact) mass is 381 g/mol. The van der Waals surface area contributed by atoms with Crippen molar-refractivity contribution < 1.29 is 9.90 Å². The highest BCUT2D eigenvalue weighted by atomic mass is 32.2. The highest BCUT2D eigenvalue weighted by molar-refractivity contribution is 7.99. The summed E-state index contributed by atoms with van der Waals surface area (Å²) in [4.78, 5) is 41.1. The molecule has 2 aromatic heterocycles. The SMILES string of the molecule is C=C(C)n1c(SCC(=O)NC(CC)CO)nc2c1c(=O)n(C)c(=O)n2C. The van der Waals surface area contributed by atoms with Gasteiger partial charge in [0.15, 0.2) is 16.3 Å². The summed E-state index contributed by atoms with van der Waals surface area (Å²) in [6, 6.07) is -0.295. The van der Waals surface area contributed by atoms with Gasteiger partial charge >= 0.3 is 5.69 Å². The summed E-state index contributed by atoms with van der Waals surface area (Å²) in [6.07, 6.45) is 0.620. The molecular formula is C16H23N5O4S. The van der Waals surface area contributed by atoms with Crippen molar-refractivity contribution >= 4 is 34.5 Å². The maximum Gasteiger partial charge on any atom is 0.332 e. The summed E-state index contributed by atoms with van der Waals surface area (Å²) >= 11 is 1.14. The van der Waals surface area contributed by atoms with Gasteiger partial charge < -0.3 is 10.4 Å². The molecule has 0 aliphatic heterocycles. The van der Waals surface area contributed by atoms with E-state index in [1.54, 1.807) is 11.5 Å². The van der Waals surface area contributed by atoms with Gasteiger partial charge in [0.2, 0.25) is 5.91 Å². The quantitative estimate of drug-likeness (QED) is 0.648. The van der Waals surface area contributed by atoms with Gasteiger partial charge in [-0.15, -0.1) is 0 Å². The third-order valence-corrected chi connectivity index (χ3v) is 4.96. The van der Waals surface area contributed by atoms with E-state index >= 15 is 0 Å². The minimum Gasteiger partial charge on any atom is -0.394 e. The fourth-order valence-corrected chi connectivity index (χ4v) is 3.37. The standard InChI is InChI=1S/C16H23N5O4S/c1-6-10(7-22)17-11(23)8-26-15-18-13-12(21(15)9(2)3)14(24)20(5)16(25)19(13)4/h10,22H,2,6-8H2,1,3-5H3,(H,17,23). The first-order chi connectivity index (χ1) is 12.2. The van der Waals surface area contributed by atoms with Gasteiger partial charge in [0, 0.05) is 19.8 Å². The number of rotatable bonds is 7. The number of amides is 1. The third kappa shape index (κ3) is 3.61. The number of hydrogen-bond donors (Lipinski definition) is 2. The number of allylic oxidation sites excluding steroid dienone is 1. The molecule has 0 aromatic carbocycles. The van der Waals surface area contributed by atoms with Crippen molar-refractivity contribution in [3.63, 3.8) is 0 Å². The molecule has 2 aromatic rings. The number of carbonyl (C=O) groups excluding carboxylic acids is 1. The Morgan fingerprint density at radius 3 is 2.54 bits per heavy atom. The Balaban J connectivity index is 2.44. The average Bonchev–Trinajstić information content (AvgIpc) is 3.00. The van der Waals surface area contributed by atoms with E-state index in [1.165, 1.54) is 18.7 Å². The molecule has 0 radical (unpaired) electrons. The Morgan fingerprint density at radius 1 is 1.35 bits per heavy atom. The molecule has 26 heavy (non-hydrogen) atoms. The van der Waals surface area contributed by atoms with Crippen molar-refractivity contribution in [3.8, 4) is 0 Å². The lowest BCUT2D eigenvalue weighted by atomic mass is 10.2. The van der Waals surface area contributed by atoms with Crippen molar-refractivity contribution in [2.75, 3.05) is 12.4 Å². The zero-order valence-electron chi connectivity index (χ0n) is 15.3. The average molecular weight is 381 g/mol. The van der Waals surface area contributed by atoms with Crippen LogP contribution in [0.2, 0.25) is 0 Å². The maximum absolute atomic E-state index is 12.5. The Kier molecular flexibility index (Phi) is 6.09. The third-order valence-electron chi connectivity index (χ3n) is 4.02.